The molecule has 0 aromatic rings. The quantitative estimate of drug-likeness (QED) is 0.499. The first-order chi connectivity index (χ1) is 14.2. The van der Waals surface area contributed by atoms with Crippen LogP contribution in [0.2, 0.25) is 0 Å². The van der Waals surface area contributed by atoms with Crippen molar-refractivity contribution in [1.29, 1.82) is 0 Å². The lowest BCUT2D eigenvalue weighted by atomic mass is 9.58. The average molecular weight is 421 g/mol. The monoisotopic (exact) mass is 420 g/mol. The van der Waals surface area contributed by atoms with E-state index in [9.17, 15) is 14.7 Å². The fraction of sp³-hybridized carbons (Fsp3) is 0.840. The highest BCUT2D eigenvalue weighted by molar-refractivity contribution is 5.72. The molecule has 1 unspecified atom stereocenters. The van der Waals surface area contributed by atoms with E-state index in [1.807, 2.05) is 13.8 Å². The Bertz CT molecular complexity index is 656. The second kappa shape index (κ2) is 9.84. The Morgan fingerprint density at radius 3 is 2.67 bits per heavy atom. The molecule has 1 saturated heterocycles. The summed E-state index contributed by atoms with van der Waals surface area (Å²) in [6, 6.07) is 0. The van der Waals surface area contributed by atoms with Gasteiger partial charge in [-0.15, -0.1) is 0 Å². The third-order valence-electron chi connectivity index (χ3n) is 7.80. The van der Waals surface area contributed by atoms with E-state index in [1.165, 1.54) is 5.57 Å². The molecule has 2 aliphatic carbocycles. The van der Waals surface area contributed by atoms with Crippen molar-refractivity contribution in [3.05, 3.63) is 11.6 Å². The van der Waals surface area contributed by atoms with Gasteiger partial charge in [-0.1, -0.05) is 39.3 Å². The van der Waals surface area contributed by atoms with Gasteiger partial charge < -0.3 is 14.6 Å². The molecule has 0 aromatic heterocycles. The molecule has 5 heteroatoms. The summed E-state index contributed by atoms with van der Waals surface area (Å²) in [5, 5.41) is 9.94. The van der Waals surface area contributed by atoms with Crippen LogP contribution in [-0.4, -0.2) is 35.4 Å². The smallest absolute Gasteiger partial charge is 0.308 e. The van der Waals surface area contributed by atoms with Crippen molar-refractivity contribution in [1.82, 2.24) is 0 Å². The molecule has 2 fully saturated rings. The molecule has 30 heavy (non-hydrogen) atoms. The van der Waals surface area contributed by atoms with Crippen LogP contribution in [0.1, 0.15) is 79.6 Å². The summed E-state index contributed by atoms with van der Waals surface area (Å²) in [5.41, 5.74) is 1.43. The van der Waals surface area contributed by atoms with Gasteiger partial charge in [0.25, 0.3) is 0 Å². The summed E-state index contributed by atoms with van der Waals surface area (Å²) < 4.78 is 11.6. The van der Waals surface area contributed by atoms with Gasteiger partial charge in [0.1, 0.15) is 12.2 Å². The number of aliphatic hydroxyl groups is 1. The lowest BCUT2D eigenvalue weighted by Gasteiger charge is -2.49. The van der Waals surface area contributed by atoms with Crippen molar-refractivity contribution in [2.75, 3.05) is 0 Å². The summed E-state index contributed by atoms with van der Waals surface area (Å²) in [7, 11) is 0. The van der Waals surface area contributed by atoms with Gasteiger partial charge in [-0.2, -0.15) is 0 Å². The number of aliphatic hydroxyl groups excluding tert-OH is 1. The van der Waals surface area contributed by atoms with E-state index in [4.69, 9.17) is 9.47 Å². The lowest BCUT2D eigenvalue weighted by molar-refractivity contribution is -0.166. The minimum Gasteiger partial charge on any atom is -0.462 e. The topological polar surface area (TPSA) is 72.8 Å². The number of fused-ring (bicyclic) bond motifs is 1. The summed E-state index contributed by atoms with van der Waals surface area (Å²) in [4.78, 5) is 24.4. The summed E-state index contributed by atoms with van der Waals surface area (Å²) in [5.74, 6) is 1.65. The van der Waals surface area contributed by atoms with Crippen LogP contribution in [0.4, 0.5) is 0 Å². The van der Waals surface area contributed by atoms with Crippen LogP contribution in [0.15, 0.2) is 11.6 Å². The zero-order valence-electron chi connectivity index (χ0n) is 19.3. The summed E-state index contributed by atoms with van der Waals surface area (Å²) >= 11 is 0. The maximum Gasteiger partial charge on any atom is 0.308 e. The Labute approximate surface area is 181 Å². The normalized spacial score (nSPS) is 40.1. The molecule has 1 saturated carbocycles. The van der Waals surface area contributed by atoms with Crippen LogP contribution in [0, 0.1) is 35.5 Å². The second-order valence-corrected chi connectivity index (χ2v) is 10.3. The highest BCUT2D eigenvalue weighted by atomic mass is 16.5. The molecule has 0 radical (unpaired) electrons. The highest BCUT2D eigenvalue weighted by Crippen LogP contribution is 2.50. The van der Waals surface area contributed by atoms with Crippen molar-refractivity contribution in [3.63, 3.8) is 0 Å². The van der Waals surface area contributed by atoms with Crippen LogP contribution >= 0.6 is 0 Å². The molecule has 9 atom stereocenters. The van der Waals surface area contributed by atoms with Crippen molar-refractivity contribution >= 4 is 11.9 Å². The predicted octanol–water partition coefficient (Wildman–Crippen LogP) is 4.67. The highest BCUT2D eigenvalue weighted by Gasteiger charge is 2.47. The number of hydrogen-bond donors (Lipinski definition) is 1. The Hall–Kier alpha value is -1.36. The van der Waals surface area contributed by atoms with Gasteiger partial charge >= 0.3 is 11.9 Å². The van der Waals surface area contributed by atoms with Gasteiger partial charge in [0, 0.05) is 12.3 Å². The number of allylic oxidation sites excluding steroid dienone is 2. The molecule has 1 aliphatic heterocycles. The molecule has 3 rings (SSSR count). The van der Waals surface area contributed by atoms with Gasteiger partial charge in [0.15, 0.2) is 0 Å². The van der Waals surface area contributed by atoms with Crippen molar-refractivity contribution in [3.8, 4) is 0 Å². The minimum atomic E-state index is -0.588. The van der Waals surface area contributed by atoms with Gasteiger partial charge in [-0.05, 0) is 62.7 Å². The Morgan fingerprint density at radius 1 is 1.27 bits per heavy atom. The predicted molar refractivity (Wildman–Crippen MR) is 115 cm³/mol. The molecule has 5 nitrogen and oxygen atoms in total. The molecule has 3 aliphatic rings. The Morgan fingerprint density at radius 2 is 2.00 bits per heavy atom. The van der Waals surface area contributed by atoms with Crippen LogP contribution < -0.4 is 0 Å². The largest absolute Gasteiger partial charge is 0.462 e. The van der Waals surface area contributed by atoms with Crippen molar-refractivity contribution < 1.29 is 24.2 Å². The molecule has 170 valence electrons. The molecule has 0 aromatic carbocycles. The number of esters is 2. The molecule has 1 heterocycles. The van der Waals surface area contributed by atoms with Crippen molar-refractivity contribution in [2.45, 2.75) is 97.9 Å². The Balaban J connectivity index is 1.76. The number of ether oxygens (including phenoxy) is 2. The van der Waals surface area contributed by atoms with Gasteiger partial charge in [-0.3, -0.25) is 9.59 Å². The molecule has 0 spiro atoms. The molecule has 0 bridgehead atoms. The third kappa shape index (κ3) is 5.27. The summed E-state index contributed by atoms with van der Waals surface area (Å²) in [6.45, 7) is 10.7. The van der Waals surface area contributed by atoms with E-state index < -0.39 is 6.10 Å². The first-order valence-electron chi connectivity index (χ1n) is 12.0. The average Bonchev–Trinajstić information content (AvgIpc) is 2.66. The first kappa shape index (κ1) is 23.3. The first-order valence-corrected chi connectivity index (χ1v) is 12.0. The number of carbonyl (C=O) groups is 2. The standard InChI is InChI=1S/C25H40O5/c1-6-15(3)25(28)30-22-10-14(2)9-21-17(5)11-16(4)20(24(21)22)8-7-19-12-18(26)13-23(27)29-19/h11,14-16,18-22,24,26H,6-10,12-13H2,1-5H3/t14-,15?,16+,18+,19+,20-,21+,22-,24+/m0/s1. The fourth-order valence-electron chi connectivity index (χ4n) is 6.01. The maximum absolute atomic E-state index is 12.6. The van der Waals surface area contributed by atoms with E-state index in [-0.39, 0.29) is 36.5 Å². The van der Waals surface area contributed by atoms with E-state index >= 15 is 0 Å². The number of rotatable bonds is 6. The van der Waals surface area contributed by atoms with Gasteiger partial charge in [-0.25, -0.2) is 0 Å². The zero-order chi connectivity index (χ0) is 22.0. The fourth-order valence-corrected chi connectivity index (χ4v) is 6.01. The van der Waals surface area contributed by atoms with E-state index in [0.717, 1.165) is 32.1 Å². The van der Waals surface area contributed by atoms with Crippen LogP contribution in [0.3, 0.4) is 0 Å². The Kier molecular flexibility index (Phi) is 7.65. The molecule has 0 amide bonds. The maximum atomic E-state index is 12.6. The summed E-state index contributed by atoms with van der Waals surface area (Å²) in [6.07, 6.45) is 6.74. The second-order valence-electron chi connectivity index (χ2n) is 10.3. The van der Waals surface area contributed by atoms with Crippen LogP contribution in [-0.2, 0) is 19.1 Å². The van der Waals surface area contributed by atoms with Gasteiger partial charge in [0.05, 0.1) is 18.4 Å². The minimum absolute atomic E-state index is 0.0455. The zero-order valence-corrected chi connectivity index (χ0v) is 19.3. The molecule has 1 N–H and O–H groups in total. The lowest BCUT2D eigenvalue weighted by Crippen LogP contribution is -2.47. The number of hydrogen-bond acceptors (Lipinski definition) is 5. The van der Waals surface area contributed by atoms with Gasteiger partial charge in [0.2, 0.25) is 0 Å². The van der Waals surface area contributed by atoms with Crippen LogP contribution in [0.5, 0.6) is 0 Å². The van der Waals surface area contributed by atoms with E-state index in [1.54, 1.807) is 0 Å². The molecular formula is C25H40O5. The van der Waals surface area contributed by atoms with Crippen molar-refractivity contribution in [2.24, 2.45) is 35.5 Å². The molecular weight excluding hydrogens is 380 g/mol. The third-order valence-corrected chi connectivity index (χ3v) is 7.80. The van der Waals surface area contributed by atoms with Crippen LogP contribution in [0.25, 0.3) is 0 Å². The number of cyclic esters (lactones) is 1. The van der Waals surface area contributed by atoms with E-state index in [0.29, 0.717) is 36.0 Å². The van der Waals surface area contributed by atoms with E-state index in [2.05, 4.69) is 26.8 Å². The SMILES string of the molecule is CCC(C)C(=O)O[C@H]1C[C@@H](C)C[C@@H]2C(C)=C[C@@H](C)[C@H](CC[C@@H]3C[C@@H](O)CC(=O)O3)[C@@H]12. The number of carbonyl (C=O) groups excluding carboxylic acids is 2.